The van der Waals surface area contributed by atoms with Crippen LogP contribution in [-0.2, 0) is 33.2 Å². The van der Waals surface area contributed by atoms with Crippen LogP contribution in [0, 0.1) is 0 Å². The molecular weight excluding hydrogens is 394 g/mol. The van der Waals surface area contributed by atoms with Crippen LogP contribution in [0.5, 0.6) is 5.75 Å². The molecule has 7 heteroatoms. The van der Waals surface area contributed by atoms with Crippen molar-refractivity contribution in [3.05, 3.63) is 40.5 Å². The molecule has 5 nitrogen and oxygen atoms in total. The third kappa shape index (κ3) is 4.59. The van der Waals surface area contributed by atoms with Crippen LogP contribution in [0.4, 0.5) is 0 Å². The lowest BCUT2D eigenvalue weighted by molar-refractivity contribution is 0.103. The van der Waals surface area contributed by atoms with Crippen molar-refractivity contribution in [2.75, 3.05) is 12.5 Å². The maximum absolute atomic E-state index is 13.3. The van der Waals surface area contributed by atoms with Gasteiger partial charge in [-0.25, -0.2) is 0 Å². The molecule has 0 fully saturated rings. The summed E-state index contributed by atoms with van der Waals surface area (Å²) in [6, 6.07) is 4.91. The highest BCUT2D eigenvalue weighted by molar-refractivity contribution is 7.91. The number of aromatic amines is 1. The average molecular weight is 424 g/mol. The smallest absolute Gasteiger partial charge is 0.237 e. The Morgan fingerprint density at radius 3 is 1.75 bits per heavy atom. The van der Waals surface area contributed by atoms with Crippen molar-refractivity contribution < 1.29 is 19.0 Å². The van der Waals surface area contributed by atoms with Crippen LogP contribution in [0.2, 0.25) is 0 Å². The predicted molar refractivity (Wildman–Crippen MR) is 114 cm³/mol. The van der Waals surface area contributed by atoms with Gasteiger partial charge in [0.2, 0.25) is 10.1 Å². The summed E-state index contributed by atoms with van der Waals surface area (Å²) in [6.07, 6.45) is 2.97. The number of H-pyrrole nitrogens is 1. The van der Waals surface area contributed by atoms with E-state index in [4.69, 9.17) is 0 Å². The van der Waals surface area contributed by atoms with Crippen LogP contribution in [0.1, 0.15) is 68.6 Å². The lowest BCUT2D eigenvalue weighted by atomic mass is 9.78. The van der Waals surface area contributed by atoms with Crippen molar-refractivity contribution in [2.45, 2.75) is 62.4 Å². The summed E-state index contributed by atoms with van der Waals surface area (Å²) in [4.78, 5) is 16.2. The number of carbonyl (C=O) groups is 1. The molecule has 0 aliphatic heterocycles. The fourth-order valence-electron chi connectivity index (χ4n) is 3.03. The minimum atomic E-state index is -1.44. The zero-order valence-corrected chi connectivity index (χ0v) is 19.4. The zero-order chi connectivity index (χ0) is 21.6. The molecule has 0 aliphatic rings. The van der Waals surface area contributed by atoms with Crippen molar-refractivity contribution in [3.8, 4) is 5.75 Å². The molecule has 0 amide bonds. The standard InChI is InChI=1S/C21H29NO4S2/c1-20(2,3)14-9-12(10-15(18(14)24)21(4,5)6)17(23)13-11-16(27(7)25)22-19(13)28(8)26/h9-11,22,24H,1-8H3. The van der Waals surface area contributed by atoms with Gasteiger partial charge in [-0.1, -0.05) is 41.5 Å². The number of nitrogens with one attached hydrogen (secondary N) is 1. The Bertz CT molecular complexity index is 852. The fraction of sp³-hybridized carbons (Fsp3) is 0.476. The number of phenols is 1. The molecule has 1 aromatic carbocycles. The quantitative estimate of drug-likeness (QED) is 0.573. The maximum Gasteiger partial charge on any atom is 0.237 e. The lowest BCUT2D eigenvalue weighted by Gasteiger charge is -2.28. The van der Waals surface area contributed by atoms with E-state index in [1.165, 1.54) is 18.6 Å². The van der Waals surface area contributed by atoms with Gasteiger partial charge in [-0.3, -0.25) is 9.78 Å². The van der Waals surface area contributed by atoms with E-state index in [9.17, 15) is 19.0 Å². The first-order chi connectivity index (χ1) is 12.6. The summed E-state index contributed by atoms with van der Waals surface area (Å²) in [6.45, 7) is 11.9. The second-order valence-corrected chi connectivity index (χ2v) is 11.7. The summed E-state index contributed by atoms with van der Waals surface area (Å²) in [5.41, 5.74) is 1.27. The van der Waals surface area contributed by atoms with Gasteiger partial charge in [0.15, 0.2) is 5.78 Å². The molecule has 0 aliphatic carbocycles. The van der Waals surface area contributed by atoms with E-state index in [-0.39, 0.29) is 33.0 Å². The number of hydrogen-bond donors (Lipinski definition) is 2. The highest BCUT2D eigenvalue weighted by Crippen LogP contribution is 2.40. The van der Waals surface area contributed by atoms with Gasteiger partial charge in [-0.15, -0.1) is 0 Å². The molecule has 2 N–H and O–H groups in total. The first-order valence-electron chi connectivity index (χ1n) is 8.97. The first kappa shape index (κ1) is 22.9. The van der Waals surface area contributed by atoms with E-state index in [1.807, 2.05) is 41.5 Å². The number of phenolic OH excluding ortho intramolecular Hbond substituents is 1. The molecule has 0 saturated heterocycles. The minimum Gasteiger partial charge on any atom is -0.610 e. The third-order valence-electron chi connectivity index (χ3n) is 4.59. The van der Waals surface area contributed by atoms with Crippen LogP contribution >= 0.6 is 0 Å². The average Bonchev–Trinajstić information content (AvgIpc) is 2.97. The van der Waals surface area contributed by atoms with E-state index in [1.54, 1.807) is 12.1 Å². The minimum absolute atomic E-state index is 0.195. The number of ketones is 1. The van der Waals surface area contributed by atoms with Gasteiger partial charge in [0.1, 0.15) is 23.8 Å². The SMILES string of the molecule is C[S+]([O-])c1cc(C(=O)c2cc(C(C)(C)C)c(O)c(C(C)(C)C)c2)c([S+](C)[O-])[nH]1. The molecule has 2 aromatic rings. The van der Waals surface area contributed by atoms with E-state index >= 15 is 0 Å². The lowest BCUT2D eigenvalue weighted by Crippen LogP contribution is -2.19. The number of benzene rings is 1. The maximum atomic E-state index is 13.3. The molecule has 0 saturated carbocycles. The number of hydrogen-bond acceptors (Lipinski definition) is 4. The molecule has 0 radical (unpaired) electrons. The van der Waals surface area contributed by atoms with E-state index in [0.717, 1.165) is 0 Å². The summed E-state index contributed by atoms with van der Waals surface area (Å²) >= 11 is -2.77. The van der Waals surface area contributed by atoms with Crippen LogP contribution in [0.15, 0.2) is 28.3 Å². The number of aromatic nitrogens is 1. The Kier molecular flexibility index (Phi) is 6.36. The molecule has 1 heterocycles. The van der Waals surface area contributed by atoms with Crippen molar-refractivity contribution in [1.82, 2.24) is 4.98 Å². The Morgan fingerprint density at radius 1 is 0.929 bits per heavy atom. The molecule has 2 unspecified atom stereocenters. The molecule has 0 bridgehead atoms. The Hall–Kier alpha value is -1.41. The second kappa shape index (κ2) is 7.78. The predicted octanol–water partition coefficient (Wildman–Crippen LogP) is 4.02. The molecule has 2 atom stereocenters. The number of aromatic hydroxyl groups is 1. The Morgan fingerprint density at radius 2 is 1.39 bits per heavy atom. The van der Waals surface area contributed by atoms with E-state index in [0.29, 0.717) is 21.7 Å². The largest absolute Gasteiger partial charge is 0.610 e. The van der Waals surface area contributed by atoms with Gasteiger partial charge in [-0.05, 0) is 34.1 Å². The van der Waals surface area contributed by atoms with Crippen LogP contribution in [0.3, 0.4) is 0 Å². The first-order valence-corrected chi connectivity index (χ1v) is 12.1. The normalized spacial score (nSPS) is 14.8. The van der Waals surface area contributed by atoms with Gasteiger partial charge < -0.3 is 14.2 Å². The summed E-state index contributed by atoms with van der Waals surface area (Å²) in [5.74, 6) is -0.116. The van der Waals surface area contributed by atoms with Crippen molar-refractivity contribution in [3.63, 3.8) is 0 Å². The highest BCUT2D eigenvalue weighted by Gasteiger charge is 2.31. The molecule has 154 valence electrons. The van der Waals surface area contributed by atoms with E-state index in [2.05, 4.69) is 4.98 Å². The number of carbonyl (C=O) groups excluding carboxylic acids is 1. The molecule has 1 aromatic heterocycles. The van der Waals surface area contributed by atoms with Gasteiger partial charge in [0, 0.05) is 33.9 Å². The molecule has 0 spiro atoms. The van der Waals surface area contributed by atoms with Gasteiger partial charge in [0.05, 0.1) is 0 Å². The highest BCUT2D eigenvalue weighted by atomic mass is 32.2. The topological polar surface area (TPSA) is 99.2 Å². The van der Waals surface area contributed by atoms with Crippen LogP contribution in [0.25, 0.3) is 0 Å². The summed E-state index contributed by atoms with van der Waals surface area (Å²) in [5, 5.41) is 11.5. The monoisotopic (exact) mass is 423 g/mol. The second-order valence-electron chi connectivity index (χ2n) is 9.03. The number of rotatable bonds is 4. The van der Waals surface area contributed by atoms with Crippen molar-refractivity contribution in [1.29, 1.82) is 0 Å². The van der Waals surface area contributed by atoms with Gasteiger partial charge in [0.25, 0.3) is 0 Å². The Labute approximate surface area is 173 Å². The Balaban J connectivity index is 2.73. The summed E-state index contributed by atoms with van der Waals surface area (Å²) < 4.78 is 24.0. The zero-order valence-electron chi connectivity index (χ0n) is 17.7. The van der Waals surface area contributed by atoms with Gasteiger partial charge in [-0.2, -0.15) is 0 Å². The van der Waals surface area contributed by atoms with Crippen LogP contribution in [-0.4, -0.2) is 37.5 Å². The van der Waals surface area contributed by atoms with Gasteiger partial charge >= 0.3 is 0 Å². The molecular formula is C21H29NO4S2. The molecule has 2 rings (SSSR count). The molecule has 28 heavy (non-hydrogen) atoms. The third-order valence-corrected chi connectivity index (χ3v) is 6.32. The van der Waals surface area contributed by atoms with Crippen molar-refractivity contribution in [2.24, 2.45) is 0 Å². The van der Waals surface area contributed by atoms with E-state index < -0.39 is 22.4 Å². The van der Waals surface area contributed by atoms with Crippen molar-refractivity contribution >= 4 is 28.1 Å². The fourth-order valence-corrected chi connectivity index (χ4v) is 4.34. The summed E-state index contributed by atoms with van der Waals surface area (Å²) in [7, 11) is 0. The van der Waals surface area contributed by atoms with Crippen LogP contribution < -0.4 is 0 Å².